The molecule has 1 aromatic carbocycles. The van der Waals surface area contributed by atoms with Crippen LogP contribution in [-0.4, -0.2) is 94.0 Å². The van der Waals surface area contributed by atoms with Crippen molar-refractivity contribution >= 4 is 28.9 Å². The smallest absolute Gasteiger partial charge is 0.475 e. The minimum atomic E-state index is -5.08. The number of benzene rings is 1. The van der Waals surface area contributed by atoms with E-state index < -0.39 is 23.7 Å². The van der Waals surface area contributed by atoms with Gasteiger partial charge >= 0.3 is 24.2 Å². The molecule has 48 heavy (non-hydrogen) atoms. The fourth-order valence-corrected chi connectivity index (χ4v) is 6.18. The van der Waals surface area contributed by atoms with Crippen molar-refractivity contribution in [2.45, 2.75) is 63.7 Å². The van der Waals surface area contributed by atoms with Crippen molar-refractivity contribution in [3.8, 4) is 17.1 Å². The summed E-state index contributed by atoms with van der Waals surface area (Å²) in [4.78, 5) is 56.7. The molecule has 0 spiro atoms. The Labute approximate surface area is 272 Å². The highest BCUT2D eigenvalue weighted by atomic mass is 19.4. The number of carbonyl (C=O) groups is 3. The van der Waals surface area contributed by atoms with Gasteiger partial charge < -0.3 is 39.4 Å². The first-order valence-electron chi connectivity index (χ1n) is 15.3. The number of ether oxygens (including phenoxy) is 2. The van der Waals surface area contributed by atoms with Crippen LogP contribution in [-0.2, 0) is 39.6 Å². The Morgan fingerprint density at radius 1 is 1.19 bits per heavy atom. The number of aromatic nitrogens is 2. The third-order valence-electron chi connectivity index (χ3n) is 8.84. The maximum atomic E-state index is 13.5. The van der Waals surface area contributed by atoms with E-state index >= 15 is 0 Å². The summed E-state index contributed by atoms with van der Waals surface area (Å²) in [6.45, 7) is 3.60. The van der Waals surface area contributed by atoms with Gasteiger partial charge in [-0.05, 0) is 64.7 Å². The van der Waals surface area contributed by atoms with Gasteiger partial charge in [-0.2, -0.15) is 13.2 Å². The van der Waals surface area contributed by atoms with Crippen molar-refractivity contribution in [1.82, 2.24) is 24.7 Å². The quantitative estimate of drug-likeness (QED) is 0.267. The van der Waals surface area contributed by atoms with Gasteiger partial charge in [-0.1, -0.05) is 6.92 Å². The molecule has 13 nitrogen and oxygen atoms in total. The number of aliphatic carboxylic acids is 1. The molecule has 1 saturated heterocycles. The Balaban J connectivity index is 0.000000582. The fourth-order valence-electron chi connectivity index (χ4n) is 6.18. The summed E-state index contributed by atoms with van der Waals surface area (Å²) < 4.78 is 44.5. The van der Waals surface area contributed by atoms with Gasteiger partial charge in [0.05, 0.1) is 29.0 Å². The molecule has 1 fully saturated rings. The average Bonchev–Trinajstić information content (AvgIpc) is 3.40. The van der Waals surface area contributed by atoms with Crippen LogP contribution in [0.5, 0.6) is 5.75 Å². The number of carbonyl (C=O) groups excluding carboxylic acids is 2. The Hall–Kier alpha value is -4.54. The third kappa shape index (κ3) is 6.47. The molecule has 5 heterocycles. The van der Waals surface area contributed by atoms with E-state index in [1.54, 1.807) is 28.5 Å². The highest BCUT2D eigenvalue weighted by molar-refractivity contribution is 5.90. The number of alkyl halides is 3. The molecule has 0 aliphatic carbocycles. The number of hydrogen-bond acceptors (Lipinski definition) is 10. The van der Waals surface area contributed by atoms with E-state index in [9.17, 15) is 32.7 Å². The molecule has 3 aliphatic rings. The molecule has 0 radical (unpaired) electrons. The predicted octanol–water partition coefficient (Wildman–Crippen LogP) is 2.96. The van der Waals surface area contributed by atoms with Gasteiger partial charge in [0.25, 0.3) is 5.56 Å². The number of cyclic esters (lactones) is 1. The number of nitrogens with one attached hydrogen (secondary N) is 1. The summed E-state index contributed by atoms with van der Waals surface area (Å²) in [6.07, 6.45) is -3.60. The number of nitrogens with zero attached hydrogens (tertiary/aromatic N) is 4. The SMILES string of the molecule is CC[C@@]1(O)C(=O)OCc2c1cc1n(c2=O)Cc2cc3c(CN(C)C)c(OC(=O)N4CCC(NC)CC4)ccc3nc2-1.O=C(O)C(F)(F)F. The lowest BCUT2D eigenvalue weighted by Gasteiger charge is -2.31. The predicted molar refractivity (Wildman–Crippen MR) is 165 cm³/mol. The number of halogens is 3. The van der Waals surface area contributed by atoms with Gasteiger partial charge in [0.2, 0.25) is 0 Å². The summed E-state index contributed by atoms with van der Waals surface area (Å²) in [5, 5.41) is 22.4. The third-order valence-corrected chi connectivity index (χ3v) is 8.84. The molecular formula is C32H36F3N5O8. The summed E-state index contributed by atoms with van der Waals surface area (Å²) in [5.74, 6) is -3.02. The molecule has 258 valence electrons. The Morgan fingerprint density at radius 3 is 2.44 bits per heavy atom. The van der Waals surface area contributed by atoms with Crippen LogP contribution in [0.1, 0.15) is 48.4 Å². The largest absolute Gasteiger partial charge is 0.490 e. The number of likely N-dealkylation sites (tertiary alicyclic amines) is 1. The molecule has 2 aromatic heterocycles. The van der Waals surface area contributed by atoms with Gasteiger partial charge in [0, 0.05) is 47.8 Å². The van der Waals surface area contributed by atoms with Gasteiger partial charge in [-0.15, -0.1) is 0 Å². The molecule has 0 unspecified atom stereocenters. The molecule has 1 atom stereocenters. The maximum Gasteiger partial charge on any atom is 0.490 e. The normalized spacial score (nSPS) is 18.9. The zero-order valence-electron chi connectivity index (χ0n) is 26.8. The van der Waals surface area contributed by atoms with Crippen LogP contribution in [0.15, 0.2) is 29.1 Å². The second-order valence-corrected chi connectivity index (χ2v) is 12.2. The minimum absolute atomic E-state index is 0.0859. The fraction of sp³-hybridized carbons (Fsp3) is 0.469. The van der Waals surface area contributed by atoms with Crippen LogP contribution >= 0.6 is 0 Å². The van der Waals surface area contributed by atoms with E-state index in [1.165, 1.54) is 0 Å². The second kappa shape index (κ2) is 13.2. The monoisotopic (exact) mass is 675 g/mol. The number of aliphatic hydroxyl groups is 1. The zero-order chi connectivity index (χ0) is 35.1. The highest BCUT2D eigenvalue weighted by Crippen LogP contribution is 2.40. The number of fused-ring (bicyclic) bond motifs is 5. The van der Waals surface area contributed by atoms with Gasteiger partial charge in [0.15, 0.2) is 5.60 Å². The standard InChI is InChI=1S/C30H35N5O6.C2HF3O2/c1-5-30(39)22-13-24-26-17(14-35(24)27(36)21(22)16-40-28(30)37)12-19-20(15-33(3)4)25(7-6-23(19)32-26)41-29(38)34-10-8-18(31-2)9-11-34;3-2(4,5)1(6)7/h6-7,12-13,18,31,39H,5,8-11,14-16H2,1-4H3;(H,6,7)/t30-;/m0./s1. The second-order valence-electron chi connectivity index (χ2n) is 12.2. The topological polar surface area (TPSA) is 164 Å². The van der Waals surface area contributed by atoms with Crippen molar-refractivity contribution in [1.29, 1.82) is 0 Å². The lowest BCUT2D eigenvalue weighted by molar-refractivity contribution is -0.192. The van der Waals surface area contributed by atoms with Crippen LogP contribution in [0.3, 0.4) is 0 Å². The van der Waals surface area contributed by atoms with E-state index in [1.807, 2.05) is 38.2 Å². The molecule has 0 saturated carbocycles. The van der Waals surface area contributed by atoms with Crippen molar-refractivity contribution in [3.05, 3.63) is 56.9 Å². The van der Waals surface area contributed by atoms with Gasteiger partial charge in [-0.25, -0.2) is 19.4 Å². The van der Waals surface area contributed by atoms with Crippen LogP contribution in [0, 0.1) is 0 Å². The Morgan fingerprint density at radius 2 is 1.85 bits per heavy atom. The maximum absolute atomic E-state index is 13.5. The van der Waals surface area contributed by atoms with Crippen molar-refractivity contribution in [2.75, 3.05) is 34.2 Å². The number of esters is 1. The lowest BCUT2D eigenvalue weighted by Crippen LogP contribution is -2.45. The first kappa shape index (κ1) is 34.8. The van der Waals surface area contributed by atoms with Crippen molar-refractivity contribution in [3.63, 3.8) is 0 Å². The highest BCUT2D eigenvalue weighted by Gasteiger charge is 2.45. The first-order chi connectivity index (χ1) is 22.6. The van der Waals surface area contributed by atoms with Crippen LogP contribution in [0.4, 0.5) is 18.0 Å². The average molecular weight is 676 g/mol. The molecular weight excluding hydrogens is 639 g/mol. The summed E-state index contributed by atoms with van der Waals surface area (Å²) in [5.41, 5.74) is 1.95. The first-order valence-corrected chi connectivity index (χ1v) is 15.3. The molecule has 6 rings (SSSR count). The van der Waals surface area contributed by atoms with Crippen LogP contribution < -0.4 is 15.6 Å². The molecule has 16 heteroatoms. The molecule has 0 bridgehead atoms. The minimum Gasteiger partial charge on any atom is -0.475 e. The number of carboxylic acid groups (broad SMARTS) is 1. The van der Waals surface area contributed by atoms with E-state index in [0.717, 1.165) is 29.4 Å². The number of rotatable bonds is 5. The number of amides is 1. The summed E-state index contributed by atoms with van der Waals surface area (Å²) >= 11 is 0. The number of carboxylic acids is 1. The van der Waals surface area contributed by atoms with Crippen molar-refractivity contribution in [2.24, 2.45) is 0 Å². The summed E-state index contributed by atoms with van der Waals surface area (Å²) in [6, 6.07) is 7.72. The van der Waals surface area contributed by atoms with E-state index in [-0.39, 0.29) is 35.8 Å². The molecule has 3 aliphatic heterocycles. The summed E-state index contributed by atoms with van der Waals surface area (Å²) in [7, 11) is 5.84. The molecule has 3 N–H and O–H groups in total. The van der Waals surface area contributed by atoms with Gasteiger partial charge in [0.1, 0.15) is 12.4 Å². The molecule has 1 amide bonds. The Kier molecular flexibility index (Phi) is 9.54. The van der Waals surface area contributed by atoms with Gasteiger partial charge in [-0.3, -0.25) is 4.79 Å². The molecule has 3 aromatic rings. The zero-order valence-corrected chi connectivity index (χ0v) is 26.8. The number of piperidine rings is 1. The van der Waals surface area contributed by atoms with Crippen LogP contribution in [0.2, 0.25) is 0 Å². The Bertz CT molecular complexity index is 1840. The van der Waals surface area contributed by atoms with E-state index in [0.29, 0.717) is 54.9 Å². The lowest BCUT2D eigenvalue weighted by atomic mass is 9.86. The van der Waals surface area contributed by atoms with Crippen molar-refractivity contribution < 1.29 is 47.2 Å². The number of pyridine rings is 2. The number of hydrogen-bond donors (Lipinski definition) is 3. The van der Waals surface area contributed by atoms with E-state index in [4.69, 9.17) is 24.4 Å². The van der Waals surface area contributed by atoms with Crippen LogP contribution in [0.25, 0.3) is 22.3 Å². The van der Waals surface area contributed by atoms with E-state index in [2.05, 4.69) is 5.32 Å².